The fourth-order valence-corrected chi connectivity index (χ4v) is 4.94. The molecule has 2 aliphatic rings. The van der Waals surface area contributed by atoms with Crippen molar-refractivity contribution < 1.29 is 28.9 Å². The predicted molar refractivity (Wildman–Crippen MR) is 150 cm³/mol. The van der Waals surface area contributed by atoms with Crippen molar-refractivity contribution in [3.8, 4) is 11.5 Å². The Hall–Kier alpha value is -3.36. The number of likely N-dealkylation sites (tertiary alicyclic amines) is 1. The van der Waals surface area contributed by atoms with Crippen molar-refractivity contribution in [3.63, 3.8) is 0 Å². The molecule has 1 atom stereocenters. The Morgan fingerprint density at radius 1 is 0.974 bits per heavy atom. The first-order chi connectivity index (χ1) is 18.9. The number of aliphatic hydroxyl groups excluding tert-OH is 1. The molecule has 1 unspecified atom stereocenters. The molecular formula is C31H40N2O6. The molecule has 0 spiro atoms. The first-order valence-corrected chi connectivity index (χ1v) is 14.0. The Bertz CT molecular complexity index is 1140. The monoisotopic (exact) mass is 536 g/mol. The van der Waals surface area contributed by atoms with Gasteiger partial charge >= 0.3 is 0 Å². The average Bonchev–Trinajstić information content (AvgIpc) is 3.20. The van der Waals surface area contributed by atoms with Crippen molar-refractivity contribution in [2.75, 3.05) is 46.0 Å². The SMILES string of the molecule is CCCCCOc1ccc(C2C(=C(O)c3ccc(OC(C)C)cc3)C(=O)C(=O)N2CCN2CCOCC2)cc1. The number of rotatable bonds is 12. The minimum Gasteiger partial charge on any atom is -0.507 e. The van der Waals surface area contributed by atoms with Gasteiger partial charge in [0.1, 0.15) is 17.3 Å². The molecule has 0 saturated carbocycles. The van der Waals surface area contributed by atoms with Crippen molar-refractivity contribution in [3.05, 3.63) is 65.2 Å². The van der Waals surface area contributed by atoms with E-state index in [-0.39, 0.29) is 17.4 Å². The first-order valence-electron chi connectivity index (χ1n) is 14.0. The van der Waals surface area contributed by atoms with Crippen LogP contribution in [0.15, 0.2) is 54.1 Å². The van der Waals surface area contributed by atoms with E-state index in [1.54, 1.807) is 29.2 Å². The lowest BCUT2D eigenvalue weighted by Gasteiger charge is -2.31. The highest BCUT2D eigenvalue weighted by molar-refractivity contribution is 6.46. The number of hydrogen-bond donors (Lipinski definition) is 1. The van der Waals surface area contributed by atoms with Gasteiger partial charge in [-0.3, -0.25) is 14.5 Å². The van der Waals surface area contributed by atoms with Crippen LogP contribution in [0, 0.1) is 0 Å². The molecule has 1 N–H and O–H groups in total. The van der Waals surface area contributed by atoms with E-state index in [9.17, 15) is 14.7 Å². The summed E-state index contributed by atoms with van der Waals surface area (Å²) in [6.07, 6.45) is 3.24. The van der Waals surface area contributed by atoms with Crippen LogP contribution in [0.25, 0.3) is 5.76 Å². The molecule has 39 heavy (non-hydrogen) atoms. The molecule has 1 amide bonds. The smallest absolute Gasteiger partial charge is 0.295 e. The van der Waals surface area contributed by atoms with Crippen LogP contribution in [0.4, 0.5) is 0 Å². The van der Waals surface area contributed by atoms with Gasteiger partial charge in [-0.05, 0) is 62.2 Å². The van der Waals surface area contributed by atoms with Crippen LogP contribution in [-0.4, -0.2) is 78.7 Å². The predicted octanol–water partition coefficient (Wildman–Crippen LogP) is 4.80. The largest absolute Gasteiger partial charge is 0.507 e. The molecule has 2 aromatic rings. The molecule has 0 aromatic heterocycles. The lowest BCUT2D eigenvalue weighted by molar-refractivity contribution is -0.140. The van der Waals surface area contributed by atoms with Crippen molar-refractivity contribution in [2.24, 2.45) is 0 Å². The third-order valence-corrected chi connectivity index (χ3v) is 7.01. The van der Waals surface area contributed by atoms with Crippen molar-refractivity contribution in [1.82, 2.24) is 9.80 Å². The maximum absolute atomic E-state index is 13.4. The normalized spacial score (nSPS) is 19.6. The molecule has 2 heterocycles. The summed E-state index contributed by atoms with van der Waals surface area (Å²) in [5.41, 5.74) is 1.30. The first kappa shape index (κ1) is 28.6. The highest BCUT2D eigenvalue weighted by Crippen LogP contribution is 2.40. The maximum Gasteiger partial charge on any atom is 0.295 e. The summed E-state index contributed by atoms with van der Waals surface area (Å²) in [5.74, 6) is -0.0704. The second-order valence-corrected chi connectivity index (χ2v) is 10.3. The van der Waals surface area contributed by atoms with E-state index in [0.29, 0.717) is 44.2 Å². The van der Waals surface area contributed by atoms with Crippen LogP contribution in [0.3, 0.4) is 0 Å². The van der Waals surface area contributed by atoms with E-state index in [1.807, 2.05) is 38.1 Å². The molecule has 0 radical (unpaired) electrons. The fourth-order valence-electron chi connectivity index (χ4n) is 4.94. The second kappa shape index (κ2) is 13.6. The van der Waals surface area contributed by atoms with Crippen molar-refractivity contribution in [1.29, 1.82) is 0 Å². The highest BCUT2D eigenvalue weighted by Gasteiger charge is 2.46. The summed E-state index contributed by atoms with van der Waals surface area (Å²) in [4.78, 5) is 30.5. The van der Waals surface area contributed by atoms with Gasteiger partial charge in [0.2, 0.25) is 0 Å². The number of nitrogens with zero attached hydrogens (tertiary/aromatic N) is 2. The van der Waals surface area contributed by atoms with Gasteiger partial charge in [-0.15, -0.1) is 0 Å². The zero-order valence-corrected chi connectivity index (χ0v) is 23.2. The Labute approximate surface area is 231 Å². The molecule has 210 valence electrons. The standard InChI is InChI=1S/C31H40N2O6/c1-4-5-6-19-38-25-11-7-23(8-12-25)28-27(29(34)24-9-13-26(14-10-24)39-22(2)3)30(35)31(36)33(28)16-15-32-17-20-37-21-18-32/h7-14,22,28,34H,4-6,15-21H2,1-3H3. The van der Waals surface area contributed by atoms with Gasteiger partial charge in [0.25, 0.3) is 11.7 Å². The van der Waals surface area contributed by atoms with Crippen LogP contribution in [-0.2, 0) is 14.3 Å². The Balaban J connectivity index is 1.64. The van der Waals surface area contributed by atoms with Gasteiger partial charge < -0.3 is 24.2 Å². The summed E-state index contributed by atoms with van der Waals surface area (Å²) in [5, 5.41) is 11.4. The molecule has 2 saturated heterocycles. The van der Waals surface area contributed by atoms with Gasteiger partial charge in [0, 0.05) is 31.7 Å². The molecule has 2 fully saturated rings. The Morgan fingerprint density at radius 2 is 1.64 bits per heavy atom. The second-order valence-electron chi connectivity index (χ2n) is 10.3. The fraction of sp³-hybridized carbons (Fsp3) is 0.484. The number of benzene rings is 2. The highest BCUT2D eigenvalue weighted by atomic mass is 16.5. The lowest BCUT2D eigenvalue weighted by Crippen LogP contribution is -2.42. The number of unbranched alkanes of at least 4 members (excludes halogenated alkanes) is 2. The van der Waals surface area contributed by atoms with Crippen LogP contribution >= 0.6 is 0 Å². The Morgan fingerprint density at radius 3 is 2.28 bits per heavy atom. The quantitative estimate of drug-likeness (QED) is 0.180. The van der Waals surface area contributed by atoms with Crippen molar-refractivity contribution >= 4 is 17.4 Å². The minimum atomic E-state index is -0.702. The number of hydrogen-bond acceptors (Lipinski definition) is 7. The van der Waals surface area contributed by atoms with Crippen LogP contribution in [0.2, 0.25) is 0 Å². The number of carbonyl (C=O) groups is 2. The number of carbonyl (C=O) groups excluding carboxylic acids is 2. The molecular weight excluding hydrogens is 496 g/mol. The summed E-state index contributed by atoms with van der Waals surface area (Å²) in [6, 6.07) is 13.7. The van der Waals surface area contributed by atoms with Crippen LogP contribution < -0.4 is 9.47 Å². The molecule has 4 rings (SSSR count). The third kappa shape index (κ3) is 7.19. The lowest BCUT2D eigenvalue weighted by atomic mass is 9.95. The molecule has 8 heteroatoms. The maximum atomic E-state index is 13.4. The number of ether oxygens (including phenoxy) is 3. The van der Waals surface area contributed by atoms with E-state index < -0.39 is 17.7 Å². The van der Waals surface area contributed by atoms with Gasteiger partial charge in [-0.1, -0.05) is 31.9 Å². The molecule has 2 aromatic carbocycles. The number of Topliss-reactive ketones (excluding diaryl/α,β-unsaturated/α-hetero) is 1. The minimum absolute atomic E-state index is 0.0137. The van der Waals surface area contributed by atoms with Gasteiger partial charge in [0.15, 0.2) is 0 Å². The average molecular weight is 537 g/mol. The van der Waals surface area contributed by atoms with Gasteiger partial charge in [-0.2, -0.15) is 0 Å². The topological polar surface area (TPSA) is 88.5 Å². The van der Waals surface area contributed by atoms with Gasteiger partial charge in [0.05, 0.1) is 37.5 Å². The van der Waals surface area contributed by atoms with E-state index >= 15 is 0 Å². The van der Waals surface area contributed by atoms with Crippen LogP contribution in [0.1, 0.15) is 57.2 Å². The van der Waals surface area contributed by atoms with E-state index in [0.717, 1.165) is 43.7 Å². The number of aliphatic hydroxyl groups is 1. The summed E-state index contributed by atoms with van der Waals surface area (Å²) in [6.45, 7) is 10.5. The molecule has 8 nitrogen and oxygen atoms in total. The third-order valence-electron chi connectivity index (χ3n) is 7.01. The van der Waals surface area contributed by atoms with Crippen LogP contribution in [0.5, 0.6) is 11.5 Å². The van der Waals surface area contributed by atoms with E-state index in [1.165, 1.54) is 0 Å². The van der Waals surface area contributed by atoms with E-state index in [2.05, 4.69) is 11.8 Å². The zero-order valence-electron chi connectivity index (χ0n) is 23.2. The number of morpholine rings is 1. The zero-order chi connectivity index (χ0) is 27.8. The van der Waals surface area contributed by atoms with E-state index in [4.69, 9.17) is 14.2 Å². The van der Waals surface area contributed by atoms with Crippen molar-refractivity contribution in [2.45, 2.75) is 52.2 Å². The summed E-state index contributed by atoms with van der Waals surface area (Å²) < 4.78 is 17.0. The number of ketones is 1. The molecule has 2 aliphatic heterocycles. The summed E-state index contributed by atoms with van der Waals surface area (Å²) in [7, 11) is 0. The van der Waals surface area contributed by atoms with Gasteiger partial charge in [-0.25, -0.2) is 0 Å². The Kier molecular flexibility index (Phi) is 10.0. The number of amides is 1. The molecule has 0 aliphatic carbocycles. The summed E-state index contributed by atoms with van der Waals surface area (Å²) >= 11 is 0. The molecule has 0 bridgehead atoms.